The number of piperidine rings is 1. The second kappa shape index (κ2) is 10.2. The minimum atomic E-state index is -0.364. The molecule has 32 heavy (non-hydrogen) atoms. The Labute approximate surface area is 185 Å². The van der Waals surface area contributed by atoms with Gasteiger partial charge in [0.15, 0.2) is 0 Å². The summed E-state index contributed by atoms with van der Waals surface area (Å²) in [6.45, 7) is 3.25. The highest BCUT2D eigenvalue weighted by Gasteiger charge is 2.20. The summed E-state index contributed by atoms with van der Waals surface area (Å²) in [5, 5.41) is 15.5. The number of carbonyl (C=O) groups excluding carboxylic acids is 1. The van der Waals surface area contributed by atoms with E-state index < -0.39 is 0 Å². The molecular formula is C24H24FN5O2. The number of nitrogens with one attached hydrogen (secondary N) is 1. The summed E-state index contributed by atoms with van der Waals surface area (Å²) in [5.41, 5.74) is 2.18. The van der Waals surface area contributed by atoms with Crippen molar-refractivity contribution in [3.8, 4) is 17.5 Å². The molecule has 164 valence electrons. The maximum atomic E-state index is 13.3. The van der Waals surface area contributed by atoms with Gasteiger partial charge in [0, 0.05) is 18.7 Å². The summed E-state index contributed by atoms with van der Waals surface area (Å²) in [6.07, 6.45) is 2.99. The molecule has 1 saturated heterocycles. The van der Waals surface area contributed by atoms with Crippen LogP contribution in [0, 0.1) is 23.1 Å². The van der Waals surface area contributed by atoms with E-state index in [9.17, 15) is 9.18 Å². The van der Waals surface area contributed by atoms with E-state index in [1.165, 1.54) is 6.07 Å². The van der Waals surface area contributed by atoms with Crippen LogP contribution >= 0.6 is 0 Å². The van der Waals surface area contributed by atoms with E-state index >= 15 is 0 Å². The van der Waals surface area contributed by atoms with Crippen LogP contribution in [0.3, 0.4) is 0 Å². The fourth-order valence-corrected chi connectivity index (χ4v) is 3.92. The van der Waals surface area contributed by atoms with Gasteiger partial charge in [-0.1, -0.05) is 17.3 Å². The average Bonchev–Trinajstić information content (AvgIpc) is 3.31. The fourth-order valence-electron chi connectivity index (χ4n) is 3.92. The van der Waals surface area contributed by atoms with Gasteiger partial charge in [0.25, 0.3) is 17.6 Å². The van der Waals surface area contributed by atoms with Crippen LogP contribution in [0.5, 0.6) is 0 Å². The quantitative estimate of drug-likeness (QED) is 0.609. The van der Waals surface area contributed by atoms with Crippen molar-refractivity contribution in [1.29, 1.82) is 5.26 Å². The largest absolute Gasteiger partial charge is 0.349 e. The molecule has 1 fully saturated rings. The molecule has 0 aliphatic carbocycles. The molecule has 2 heterocycles. The van der Waals surface area contributed by atoms with Crippen molar-refractivity contribution in [2.24, 2.45) is 5.92 Å². The van der Waals surface area contributed by atoms with E-state index in [1.54, 1.807) is 36.4 Å². The second-order valence-electron chi connectivity index (χ2n) is 8.01. The van der Waals surface area contributed by atoms with E-state index in [4.69, 9.17) is 9.78 Å². The molecule has 8 heteroatoms. The van der Waals surface area contributed by atoms with Crippen LogP contribution in [0.4, 0.5) is 4.39 Å². The van der Waals surface area contributed by atoms with Crippen molar-refractivity contribution in [2.75, 3.05) is 19.6 Å². The third-order valence-electron chi connectivity index (χ3n) is 5.73. The van der Waals surface area contributed by atoms with Gasteiger partial charge in [-0.15, -0.1) is 0 Å². The molecule has 1 amide bonds. The van der Waals surface area contributed by atoms with E-state index in [0.717, 1.165) is 44.5 Å². The predicted molar refractivity (Wildman–Crippen MR) is 116 cm³/mol. The van der Waals surface area contributed by atoms with Gasteiger partial charge in [-0.05, 0) is 80.2 Å². The van der Waals surface area contributed by atoms with Gasteiger partial charge in [0.2, 0.25) is 0 Å². The maximum absolute atomic E-state index is 13.3. The monoisotopic (exact) mass is 433 g/mol. The first kappa shape index (κ1) is 21.7. The summed E-state index contributed by atoms with van der Waals surface area (Å²) in [4.78, 5) is 18.8. The highest BCUT2D eigenvalue weighted by atomic mass is 19.1. The summed E-state index contributed by atoms with van der Waals surface area (Å²) in [5.74, 6) is 0.217. The fraction of sp³-hybridized carbons (Fsp3) is 0.333. The van der Waals surface area contributed by atoms with Gasteiger partial charge in [0.05, 0.1) is 11.6 Å². The molecule has 3 aromatic rings. The Hall–Kier alpha value is -3.57. The topological polar surface area (TPSA) is 95.0 Å². The molecule has 0 unspecified atom stereocenters. The standard InChI is InChI=1S/C24H24FN5O2/c25-21-3-1-2-19(14-21)16-30-12-9-17(10-13-30)8-11-27-23(31)22-28-24(32-29-22)20-6-4-18(15-26)5-7-20/h1-7,14,17H,8-13,16H2,(H,27,31). The number of nitriles is 1. The number of hydrogen-bond acceptors (Lipinski definition) is 6. The molecule has 0 saturated carbocycles. The molecule has 0 spiro atoms. The first-order valence-corrected chi connectivity index (χ1v) is 10.7. The number of likely N-dealkylation sites (tertiary alicyclic amines) is 1. The molecule has 1 aliphatic rings. The van der Waals surface area contributed by atoms with Gasteiger partial charge in [-0.2, -0.15) is 10.2 Å². The minimum absolute atomic E-state index is 0.00530. The number of hydrogen-bond donors (Lipinski definition) is 1. The Kier molecular flexibility index (Phi) is 6.87. The van der Waals surface area contributed by atoms with Crippen molar-refractivity contribution in [3.63, 3.8) is 0 Å². The van der Waals surface area contributed by atoms with Crippen LogP contribution in [0.15, 0.2) is 53.1 Å². The molecule has 2 aromatic carbocycles. The molecule has 0 atom stereocenters. The van der Waals surface area contributed by atoms with Gasteiger partial charge in [-0.25, -0.2) is 4.39 Å². The van der Waals surface area contributed by atoms with Gasteiger partial charge in [-0.3, -0.25) is 9.69 Å². The summed E-state index contributed by atoms with van der Waals surface area (Å²) in [7, 11) is 0. The maximum Gasteiger partial charge on any atom is 0.292 e. The molecule has 0 radical (unpaired) electrons. The van der Waals surface area contributed by atoms with Crippen molar-refractivity contribution >= 4 is 5.91 Å². The normalized spacial score (nSPS) is 14.8. The van der Waals surface area contributed by atoms with Crippen molar-refractivity contribution in [3.05, 3.63) is 71.3 Å². The zero-order chi connectivity index (χ0) is 22.3. The Morgan fingerprint density at radius 2 is 2.00 bits per heavy atom. The van der Waals surface area contributed by atoms with Crippen LogP contribution in [-0.4, -0.2) is 40.6 Å². The van der Waals surface area contributed by atoms with E-state index in [0.29, 0.717) is 23.6 Å². The third kappa shape index (κ3) is 5.56. The zero-order valence-corrected chi connectivity index (χ0v) is 17.6. The van der Waals surface area contributed by atoms with Gasteiger partial charge < -0.3 is 9.84 Å². The number of aromatic nitrogens is 2. The number of carbonyl (C=O) groups is 1. The predicted octanol–water partition coefficient (Wildman–Crippen LogP) is 3.78. The highest BCUT2D eigenvalue weighted by molar-refractivity contribution is 5.90. The van der Waals surface area contributed by atoms with Crippen LogP contribution < -0.4 is 5.32 Å². The van der Waals surface area contributed by atoms with Crippen LogP contribution in [-0.2, 0) is 6.54 Å². The lowest BCUT2D eigenvalue weighted by atomic mass is 9.93. The molecule has 1 aromatic heterocycles. The van der Waals surface area contributed by atoms with E-state index in [2.05, 4.69) is 20.4 Å². The van der Waals surface area contributed by atoms with Crippen molar-refractivity contribution in [1.82, 2.24) is 20.4 Å². The molecule has 1 N–H and O–H groups in total. The lowest BCUT2D eigenvalue weighted by molar-refractivity contribution is 0.0934. The number of benzene rings is 2. The molecule has 0 bridgehead atoms. The lowest BCUT2D eigenvalue weighted by Gasteiger charge is -2.32. The van der Waals surface area contributed by atoms with Crippen LogP contribution in [0.1, 0.15) is 41.0 Å². The SMILES string of the molecule is N#Cc1ccc(-c2nc(C(=O)NCCC3CCN(Cc4cccc(F)c4)CC3)no2)cc1. The second-order valence-corrected chi connectivity index (χ2v) is 8.01. The Morgan fingerprint density at radius 3 is 2.72 bits per heavy atom. The van der Waals surface area contributed by atoms with Crippen LogP contribution in [0.2, 0.25) is 0 Å². The van der Waals surface area contributed by atoms with Crippen molar-refractivity contribution in [2.45, 2.75) is 25.8 Å². The van der Waals surface area contributed by atoms with Crippen molar-refractivity contribution < 1.29 is 13.7 Å². The molecular weight excluding hydrogens is 409 g/mol. The average molecular weight is 433 g/mol. The Morgan fingerprint density at radius 1 is 1.22 bits per heavy atom. The molecule has 7 nitrogen and oxygen atoms in total. The number of amides is 1. The minimum Gasteiger partial charge on any atom is -0.349 e. The summed E-state index contributed by atoms with van der Waals surface area (Å²) in [6, 6.07) is 15.5. The first-order valence-electron chi connectivity index (χ1n) is 10.7. The summed E-state index contributed by atoms with van der Waals surface area (Å²) >= 11 is 0. The zero-order valence-electron chi connectivity index (χ0n) is 17.6. The van der Waals surface area contributed by atoms with E-state index in [-0.39, 0.29) is 23.4 Å². The molecule has 1 aliphatic heterocycles. The highest BCUT2D eigenvalue weighted by Crippen LogP contribution is 2.22. The lowest BCUT2D eigenvalue weighted by Crippen LogP contribution is -2.35. The first-order chi connectivity index (χ1) is 15.6. The summed E-state index contributed by atoms with van der Waals surface area (Å²) < 4.78 is 18.5. The van der Waals surface area contributed by atoms with Crippen LogP contribution in [0.25, 0.3) is 11.5 Å². The Balaban J connectivity index is 1.19. The number of nitrogens with zero attached hydrogens (tertiary/aromatic N) is 4. The van der Waals surface area contributed by atoms with Gasteiger partial charge >= 0.3 is 0 Å². The van der Waals surface area contributed by atoms with Gasteiger partial charge in [0.1, 0.15) is 5.82 Å². The van der Waals surface area contributed by atoms with E-state index in [1.807, 2.05) is 12.1 Å². The number of rotatable bonds is 7. The number of halogens is 1. The molecule has 4 rings (SSSR count). The smallest absolute Gasteiger partial charge is 0.292 e. The Bertz CT molecular complexity index is 1100. The third-order valence-corrected chi connectivity index (χ3v) is 5.73.